The fourth-order valence-electron chi connectivity index (χ4n) is 2.10. The molecule has 0 saturated carbocycles. The van der Waals surface area contributed by atoms with Gasteiger partial charge in [0.25, 0.3) is 5.91 Å². The molecule has 1 N–H and O–H groups in total. The minimum atomic E-state index is -3.04. The van der Waals surface area contributed by atoms with E-state index in [-0.39, 0.29) is 31.2 Å². The van der Waals surface area contributed by atoms with E-state index in [1.54, 1.807) is 6.07 Å². The number of hydrogen-bond acceptors (Lipinski definition) is 5. The molecular formula is C14H19NO5S. The number of ether oxygens (including phenoxy) is 1. The summed E-state index contributed by atoms with van der Waals surface area (Å²) in [7, 11) is -3.04. The summed E-state index contributed by atoms with van der Waals surface area (Å²) in [4.78, 5) is 13.4. The topological polar surface area (TPSA) is 83.9 Å². The van der Waals surface area contributed by atoms with Gasteiger partial charge in [-0.05, 0) is 18.6 Å². The van der Waals surface area contributed by atoms with E-state index in [0.717, 1.165) is 5.56 Å². The second kappa shape index (κ2) is 6.44. The van der Waals surface area contributed by atoms with Gasteiger partial charge in [-0.25, -0.2) is 8.42 Å². The number of rotatable bonds is 4. The standard InChI is InChI=1S/C14H19NO5S/c1-11-4-2-3-5-13(11)20-10-12(16)14(17)15-6-8-21(18,19)9-7-15/h2-5,12,16H,6-10H2,1H3. The molecule has 0 spiro atoms. The third-order valence-corrected chi connectivity index (χ3v) is 5.04. The molecule has 6 nitrogen and oxygen atoms in total. The Kier molecular flexibility index (Phi) is 4.84. The molecule has 1 aliphatic heterocycles. The molecule has 1 heterocycles. The minimum absolute atomic E-state index is 0.0515. The van der Waals surface area contributed by atoms with Crippen molar-refractivity contribution in [1.29, 1.82) is 0 Å². The van der Waals surface area contributed by atoms with E-state index in [1.807, 2.05) is 25.1 Å². The Labute approximate surface area is 124 Å². The van der Waals surface area contributed by atoms with Crippen LogP contribution in [0.1, 0.15) is 5.56 Å². The van der Waals surface area contributed by atoms with Crippen molar-refractivity contribution in [3.8, 4) is 5.75 Å². The number of amides is 1. The lowest BCUT2D eigenvalue weighted by Crippen LogP contribution is -2.49. The maximum atomic E-state index is 12.0. The van der Waals surface area contributed by atoms with Crippen LogP contribution in [-0.4, -0.2) is 61.6 Å². The Bertz CT molecular complexity index is 600. The molecular weight excluding hydrogens is 294 g/mol. The summed E-state index contributed by atoms with van der Waals surface area (Å²) in [5.41, 5.74) is 0.918. The van der Waals surface area contributed by atoms with Crippen molar-refractivity contribution in [3.05, 3.63) is 29.8 Å². The third-order valence-electron chi connectivity index (χ3n) is 3.43. The molecule has 1 aromatic rings. The Morgan fingerprint density at radius 1 is 1.33 bits per heavy atom. The van der Waals surface area contributed by atoms with Gasteiger partial charge in [-0.3, -0.25) is 4.79 Å². The van der Waals surface area contributed by atoms with Crippen LogP contribution in [0, 0.1) is 6.92 Å². The van der Waals surface area contributed by atoms with Gasteiger partial charge < -0.3 is 14.7 Å². The van der Waals surface area contributed by atoms with Crippen LogP contribution in [0.25, 0.3) is 0 Å². The van der Waals surface area contributed by atoms with E-state index in [9.17, 15) is 18.3 Å². The van der Waals surface area contributed by atoms with Crippen molar-refractivity contribution in [2.45, 2.75) is 13.0 Å². The van der Waals surface area contributed by atoms with Gasteiger partial charge in [0.2, 0.25) is 0 Å². The Morgan fingerprint density at radius 3 is 2.57 bits per heavy atom. The number of carbonyl (C=O) groups is 1. The lowest BCUT2D eigenvalue weighted by Gasteiger charge is -2.28. The molecule has 1 atom stereocenters. The number of sulfone groups is 1. The third kappa shape index (κ3) is 4.18. The number of aliphatic hydroxyl groups excluding tert-OH is 1. The first-order chi connectivity index (χ1) is 9.89. The van der Waals surface area contributed by atoms with E-state index < -0.39 is 21.8 Å². The minimum Gasteiger partial charge on any atom is -0.490 e. The van der Waals surface area contributed by atoms with Crippen LogP contribution in [0.15, 0.2) is 24.3 Å². The Morgan fingerprint density at radius 2 is 1.95 bits per heavy atom. The molecule has 0 aromatic heterocycles. The molecule has 0 radical (unpaired) electrons. The lowest BCUT2D eigenvalue weighted by atomic mass is 10.2. The molecule has 2 rings (SSSR count). The second-order valence-corrected chi connectivity index (χ2v) is 7.37. The molecule has 1 unspecified atom stereocenters. The predicted molar refractivity (Wildman–Crippen MR) is 77.9 cm³/mol. The Balaban J connectivity index is 1.87. The van der Waals surface area contributed by atoms with Crippen molar-refractivity contribution < 1.29 is 23.1 Å². The summed E-state index contributed by atoms with van der Waals surface area (Å²) in [6.45, 7) is 1.98. The SMILES string of the molecule is Cc1ccccc1OCC(O)C(=O)N1CCS(=O)(=O)CC1. The van der Waals surface area contributed by atoms with Crippen molar-refractivity contribution in [2.24, 2.45) is 0 Å². The smallest absolute Gasteiger partial charge is 0.255 e. The fraction of sp³-hybridized carbons (Fsp3) is 0.500. The van der Waals surface area contributed by atoms with Crippen LogP contribution in [0.3, 0.4) is 0 Å². The van der Waals surface area contributed by atoms with Crippen molar-refractivity contribution >= 4 is 15.7 Å². The van der Waals surface area contributed by atoms with Crippen LogP contribution >= 0.6 is 0 Å². The maximum absolute atomic E-state index is 12.0. The number of para-hydroxylation sites is 1. The maximum Gasteiger partial charge on any atom is 0.255 e. The molecule has 1 fully saturated rings. The van der Waals surface area contributed by atoms with E-state index in [0.29, 0.717) is 5.75 Å². The predicted octanol–water partition coefficient (Wildman–Crippen LogP) is -0.00828. The van der Waals surface area contributed by atoms with Gasteiger partial charge in [0, 0.05) is 13.1 Å². The second-order valence-electron chi connectivity index (χ2n) is 5.07. The monoisotopic (exact) mass is 313 g/mol. The first-order valence-corrected chi connectivity index (χ1v) is 8.57. The van der Waals surface area contributed by atoms with E-state index in [2.05, 4.69) is 0 Å². The highest BCUT2D eigenvalue weighted by atomic mass is 32.2. The molecule has 1 aromatic carbocycles. The summed E-state index contributed by atoms with van der Waals surface area (Å²) in [5, 5.41) is 9.89. The van der Waals surface area contributed by atoms with E-state index in [4.69, 9.17) is 4.74 Å². The molecule has 1 aliphatic rings. The molecule has 0 bridgehead atoms. The van der Waals surface area contributed by atoms with Crippen LogP contribution in [-0.2, 0) is 14.6 Å². The highest BCUT2D eigenvalue weighted by molar-refractivity contribution is 7.91. The van der Waals surface area contributed by atoms with Crippen LogP contribution in [0.2, 0.25) is 0 Å². The number of hydrogen-bond donors (Lipinski definition) is 1. The number of aliphatic hydroxyl groups is 1. The van der Waals surface area contributed by atoms with Gasteiger partial charge in [-0.2, -0.15) is 0 Å². The fourth-order valence-corrected chi connectivity index (χ4v) is 3.30. The van der Waals surface area contributed by atoms with Crippen LogP contribution in [0.5, 0.6) is 5.75 Å². The summed E-state index contributed by atoms with van der Waals surface area (Å²) in [6.07, 6.45) is -1.29. The van der Waals surface area contributed by atoms with Crippen LogP contribution < -0.4 is 4.74 Å². The zero-order valence-corrected chi connectivity index (χ0v) is 12.7. The van der Waals surface area contributed by atoms with E-state index >= 15 is 0 Å². The highest BCUT2D eigenvalue weighted by Crippen LogP contribution is 2.16. The van der Waals surface area contributed by atoms with Crippen molar-refractivity contribution in [3.63, 3.8) is 0 Å². The largest absolute Gasteiger partial charge is 0.490 e. The molecule has 1 saturated heterocycles. The number of aryl methyl sites for hydroxylation is 1. The summed E-state index contributed by atoms with van der Waals surface area (Å²) >= 11 is 0. The normalized spacial score (nSPS) is 19.0. The Hall–Kier alpha value is -1.60. The molecule has 7 heteroatoms. The van der Waals surface area contributed by atoms with Crippen LogP contribution in [0.4, 0.5) is 0 Å². The molecule has 116 valence electrons. The number of nitrogens with zero attached hydrogens (tertiary/aromatic N) is 1. The van der Waals surface area contributed by atoms with E-state index in [1.165, 1.54) is 4.90 Å². The summed E-state index contributed by atoms with van der Waals surface area (Å²) in [6, 6.07) is 7.32. The van der Waals surface area contributed by atoms with Gasteiger partial charge in [0.15, 0.2) is 15.9 Å². The van der Waals surface area contributed by atoms with Gasteiger partial charge in [-0.1, -0.05) is 18.2 Å². The molecule has 1 amide bonds. The average molecular weight is 313 g/mol. The first kappa shape index (κ1) is 15.8. The summed E-state index contributed by atoms with van der Waals surface area (Å²) < 4.78 is 28.1. The zero-order valence-electron chi connectivity index (χ0n) is 11.9. The average Bonchev–Trinajstić information content (AvgIpc) is 2.45. The first-order valence-electron chi connectivity index (χ1n) is 6.75. The van der Waals surface area contributed by atoms with Gasteiger partial charge in [0.1, 0.15) is 12.4 Å². The molecule has 21 heavy (non-hydrogen) atoms. The quantitative estimate of drug-likeness (QED) is 0.845. The number of benzene rings is 1. The lowest BCUT2D eigenvalue weighted by molar-refractivity contribution is -0.141. The number of carbonyl (C=O) groups excluding carboxylic acids is 1. The van der Waals surface area contributed by atoms with Crippen molar-refractivity contribution in [1.82, 2.24) is 4.90 Å². The summed E-state index contributed by atoms with van der Waals surface area (Å²) in [5.74, 6) is 0.0258. The highest BCUT2D eigenvalue weighted by Gasteiger charge is 2.29. The van der Waals surface area contributed by atoms with Gasteiger partial charge in [-0.15, -0.1) is 0 Å². The molecule has 0 aliphatic carbocycles. The van der Waals surface area contributed by atoms with Crippen molar-refractivity contribution in [2.75, 3.05) is 31.2 Å². The zero-order chi connectivity index (χ0) is 15.5. The van der Waals surface area contributed by atoms with Gasteiger partial charge in [0.05, 0.1) is 11.5 Å². The van der Waals surface area contributed by atoms with Gasteiger partial charge >= 0.3 is 0 Å².